The van der Waals surface area contributed by atoms with Gasteiger partial charge in [-0.3, -0.25) is 9.89 Å². The number of nitrogens with zero attached hydrogens (tertiary/aromatic N) is 1. The summed E-state index contributed by atoms with van der Waals surface area (Å²) in [6, 6.07) is 5.92. The van der Waals surface area contributed by atoms with E-state index < -0.39 is 0 Å². The topological polar surface area (TPSA) is 71.8 Å². The van der Waals surface area contributed by atoms with Gasteiger partial charge >= 0.3 is 0 Å². The fraction of sp³-hybridized carbons (Fsp3) is 0.0909. The summed E-state index contributed by atoms with van der Waals surface area (Å²) in [4.78, 5) is 11.7. The van der Waals surface area contributed by atoms with E-state index in [2.05, 4.69) is 10.2 Å². The molecule has 1 aromatic carbocycles. The van der Waals surface area contributed by atoms with E-state index in [1.807, 2.05) is 0 Å². The maximum atomic E-state index is 12.9. The molecule has 0 radical (unpaired) electrons. The van der Waals surface area contributed by atoms with Crippen LogP contribution in [0.3, 0.4) is 0 Å². The maximum Gasteiger partial charge on any atom is 0.172 e. The summed E-state index contributed by atoms with van der Waals surface area (Å²) in [7, 11) is 0. The Morgan fingerprint density at radius 2 is 2.31 bits per heavy atom. The monoisotopic (exact) mass is 219 g/mol. The highest BCUT2D eigenvalue weighted by atomic mass is 19.1. The van der Waals surface area contributed by atoms with Crippen molar-refractivity contribution in [1.29, 1.82) is 0 Å². The summed E-state index contributed by atoms with van der Waals surface area (Å²) in [6.45, 7) is 0. The molecule has 2 aromatic rings. The predicted octanol–water partition coefficient (Wildman–Crippen LogP) is 1.56. The van der Waals surface area contributed by atoms with Gasteiger partial charge in [-0.25, -0.2) is 4.39 Å². The standard InChI is InChI=1S/C11H10FN3O/c12-8-3-1-2-7(4-8)5-10(16)9-6-14-15-11(9)13/h1-4,6H,5H2,(H3,13,14,15). The Morgan fingerprint density at radius 1 is 1.50 bits per heavy atom. The Hall–Kier alpha value is -2.17. The lowest BCUT2D eigenvalue weighted by Crippen LogP contribution is -2.05. The van der Waals surface area contributed by atoms with Crippen LogP contribution in [-0.2, 0) is 6.42 Å². The van der Waals surface area contributed by atoms with Crippen LogP contribution >= 0.6 is 0 Å². The van der Waals surface area contributed by atoms with E-state index in [1.54, 1.807) is 12.1 Å². The van der Waals surface area contributed by atoms with Crippen molar-refractivity contribution in [1.82, 2.24) is 10.2 Å². The highest BCUT2D eigenvalue weighted by Crippen LogP contribution is 2.12. The number of H-pyrrole nitrogens is 1. The summed E-state index contributed by atoms with van der Waals surface area (Å²) >= 11 is 0. The van der Waals surface area contributed by atoms with Crippen LogP contribution in [-0.4, -0.2) is 16.0 Å². The number of rotatable bonds is 3. The van der Waals surface area contributed by atoms with E-state index in [0.717, 1.165) is 0 Å². The smallest absolute Gasteiger partial charge is 0.172 e. The molecule has 16 heavy (non-hydrogen) atoms. The number of ketones is 1. The van der Waals surface area contributed by atoms with Gasteiger partial charge in [0.25, 0.3) is 0 Å². The van der Waals surface area contributed by atoms with Gasteiger partial charge in [0, 0.05) is 6.42 Å². The molecular formula is C11H10FN3O. The van der Waals surface area contributed by atoms with Crippen LogP contribution in [0.1, 0.15) is 15.9 Å². The van der Waals surface area contributed by atoms with Crippen molar-refractivity contribution in [2.75, 3.05) is 5.73 Å². The number of nitrogen functional groups attached to an aromatic ring is 1. The summed E-state index contributed by atoms with van der Waals surface area (Å²) in [5.74, 6) is -0.302. The molecule has 0 spiro atoms. The number of benzene rings is 1. The van der Waals surface area contributed by atoms with Crippen LogP contribution in [0.2, 0.25) is 0 Å². The van der Waals surface area contributed by atoms with Crippen molar-refractivity contribution in [2.24, 2.45) is 0 Å². The molecule has 3 N–H and O–H groups in total. The molecule has 0 amide bonds. The number of carbonyl (C=O) groups excluding carboxylic acids is 1. The third-order valence-corrected chi connectivity index (χ3v) is 2.22. The second-order valence-electron chi connectivity index (χ2n) is 3.43. The number of nitrogens with one attached hydrogen (secondary N) is 1. The predicted molar refractivity (Wildman–Crippen MR) is 57.4 cm³/mol. The van der Waals surface area contributed by atoms with Crippen molar-refractivity contribution in [3.8, 4) is 0 Å². The van der Waals surface area contributed by atoms with Gasteiger partial charge in [-0.05, 0) is 17.7 Å². The van der Waals surface area contributed by atoms with Crippen molar-refractivity contribution >= 4 is 11.6 Å². The van der Waals surface area contributed by atoms with E-state index in [-0.39, 0.29) is 23.8 Å². The Labute approximate surface area is 91.3 Å². The van der Waals surface area contributed by atoms with Crippen LogP contribution in [0.15, 0.2) is 30.5 Å². The molecule has 2 rings (SSSR count). The molecular weight excluding hydrogens is 209 g/mol. The molecule has 0 saturated carbocycles. The molecule has 0 unspecified atom stereocenters. The Kier molecular flexibility index (Phi) is 2.68. The van der Waals surface area contributed by atoms with Gasteiger partial charge in [0.1, 0.15) is 11.6 Å². The van der Waals surface area contributed by atoms with Gasteiger partial charge in [0.15, 0.2) is 5.78 Å². The van der Waals surface area contributed by atoms with Gasteiger partial charge in [-0.1, -0.05) is 12.1 Å². The molecule has 0 aliphatic carbocycles. The van der Waals surface area contributed by atoms with Gasteiger partial charge in [-0.2, -0.15) is 5.10 Å². The minimum Gasteiger partial charge on any atom is -0.383 e. The number of carbonyl (C=O) groups is 1. The molecule has 5 heteroatoms. The van der Waals surface area contributed by atoms with Crippen molar-refractivity contribution in [3.05, 3.63) is 47.4 Å². The van der Waals surface area contributed by atoms with Crippen molar-refractivity contribution in [3.63, 3.8) is 0 Å². The Balaban J connectivity index is 2.17. The highest BCUT2D eigenvalue weighted by Gasteiger charge is 2.12. The Bertz CT molecular complexity index is 521. The molecule has 1 heterocycles. The highest BCUT2D eigenvalue weighted by molar-refractivity contribution is 6.00. The zero-order chi connectivity index (χ0) is 11.5. The third-order valence-electron chi connectivity index (χ3n) is 2.22. The third kappa shape index (κ3) is 2.08. The lowest BCUT2D eigenvalue weighted by atomic mass is 10.1. The van der Waals surface area contributed by atoms with Gasteiger partial charge in [0.2, 0.25) is 0 Å². The number of aromatic amines is 1. The number of anilines is 1. The number of hydrogen-bond acceptors (Lipinski definition) is 3. The quantitative estimate of drug-likeness (QED) is 0.769. The summed E-state index contributed by atoms with van der Waals surface area (Å²) < 4.78 is 12.9. The van der Waals surface area contributed by atoms with Crippen molar-refractivity contribution in [2.45, 2.75) is 6.42 Å². The average Bonchev–Trinajstić information content (AvgIpc) is 2.64. The van der Waals surface area contributed by atoms with Gasteiger partial charge in [0.05, 0.1) is 11.8 Å². The summed E-state index contributed by atoms with van der Waals surface area (Å²) in [5.41, 5.74) is 6.47. The SMILES string of the molecule is Nc1[nH]ncc1C(=O)Cc1cccc(F)c1. The second-order valence-corrected chi connectivity index (χ2v) is 3.43. The summed E-state index contributed by atoms with van der Waals surface area (Å²) in [5, 5.41) is 6.14. The lowest BCUT2D eigenvalue weighted by Gasteiger charge is -2.00. The first-order valence-electron chi connectivity index (χ1n) is 4.73. The fourth-order valence-corrected chi connectivity index (χ4v) is 1.45. The molecule has 0 atom stereocenters. The largest absolute Gasteiger partial charge is 0.383 e. The lowest BCUT2D eigenvalue weighted by molar-refractivity contribution is 0.0994. The van der Waals surface area contributed by atoms with Gasteiger partial charge < -0.3 is 5.73 Å². The first-order chi connectivity index (χ1) is 7.66. The van der Waals surface area contributed by atoms with Crippen LogP contribution in [0.4, 0.5) is 10.2 Å². The van der Waals surface area contributed by atoms with E-state index in [0.29, 0.717) is 11.1 Å². The Morgan fingerprint density at radius 3 is 2.94 bits per heavy atom. The minimum absolute atomic E-state index is 0.113. The molecule has 0 fully saturated rings. The van der Waals surface area contributed by atoms with Crippen LogP contribution in [0, 0.1) is 5.82 Å². The molecule has 1 aromatic heterocycles. The number of hydrogen-bond donors (Lipinski definition) is 2. The van der Waals surface area contributed by atoms with Gasteiger partial charge in [-0.15, -0.1) is 0 Å². The minimum atomic E-state index is -0.356. The normalized spacial score (nSPS) is 10.3. The van der Waals surface area contributed by atoms with Crippen molar-refractivity contribution < 1.29 is 9.18 Å². The number of Topliss-reactive ketones (excluding diaryl/α,β-unsaturated/α-hetero) is 1. The molecule has 0 aliphatic rings. The maximum absolute atomic E-state index is 12.9. The average molecular weight is 219 g/mol. The first kappa shape index (κ1) is 10.4. The summed E-state index contributed by atoms with van der Waals surface area (Å²) in [6.07, 6.45) is 1.48. The number of aromatic nitrogens is 2. The van der Waals surface area contributed by atoms with Crippen LogP contribution in [0.5, 0.6) is 0 Å². The van der Waals surface area contributed by atoms with E-state index in [4.69, 9.17) is 5.73 Å². The molecule has 0 bridgehead atoms. The number of nitrogens with two attached hydrogens (primary N) is 1. The first-order valence-corrected chi connectivity index (χ1v) is 4.73. The van der Waals surface area contributed by atoms with E-state index in [9.17, 15) is 9.18 Å². The molecule has 4 nitrogen and oxygen atoms in total. The van der Waals surface area contributed by atoms with Crippen LogP contribution in [0.25, 0.3) is 0 Å². The number of halogens is 1. The fourth-order valence-electron chi connectivity index (χ4n) is 1.45. The van der Waals surface area contributed by atoms with E-state index in [1.165, 1.54) is 18.3 Å². The molecule has 82 valence electrons. The zero-order valence-electron chi connectivity index (χ0n) is 8.40. The second kappa shape index (κ2) is 4.14. The molecule has 0 aliphatic heterocycles. The van der Waals surface area contributed by atoms with E-state index >= 15 is 0 Å². The zero-order valence-corrected chi connectivity index (χ0v) is 8.40. The van der Waals surface area contributed by atoms with Crippen LogP contribution < -0.4 is 5.73 Å². The molecule has 0 saturated heterocycles.